The number of carbonyl (C=O) groups is 1. The first kappa shape index (κ1) is 29.0. The minimum atomic E-state index is -1.02. The molecule has 42 heavy (non-hydrogen) atoms. The molecule has 1 aromatic heterocycles. The smallest absolute Gasteiger partial charge is 0.329 e. The maximum absolute atomic E-state index is 12.7. The average molecular weight is 589 g/mol. The molecule has 2 aromatic carbocycles. The number of carboxylic acid groups (broad SMARTS) is 1. The summed E-state index contributed by atoms with van der Waals surface area (Å²) in [7, 11) is 0. The van der Waals surface area contributed by atoms with Crippen LogP contribution in [0.25, 0.3) is 0 Å². The van der Waals surface area contributed by atoms with Crippen molar-refractivity contribution in [3.63, 3.8) is 0 Å². The number of pyridine rings is 1. The number of rotatable bonds is 8. The van der Waals surface area contributed by atoms with Crippen LogP contribution in [0, 0.1) is 11.8 Å². The minimum absolute atomic E-state index is 0.0473. The first-order valence-corrected chi connectivity index (χ1v) is 15.7. The largest absolute Gasteiger partial charge is 0.493 e. The van der Waals surface area contributed by atoms with Gasteiger partial charge in [-0.15, -0.1) is 0 Å². The van der Waals surface area contributed by atoms with E-state index in [9.17, 15) is 15.0 Å². The van der Waals surface area contributed by atoms with Crippen LogP contribution in [0.4, 0.5) is 5.69 Å². The molecule has 0 unspecified atom stereocenters. The van der Waals surface area contributed by atoms with Gasteiger partial charge in [-0.3, -0.25) is 4.98 Å². The van der Waals surface area contributed by atoms with E-state index in [0.717, 1.165) is 61.2 Å². The third kappa shape index (κ3) is 5.28. The number of ether oxygens (including phenoxy) is 1. The van der Waals surface area contributed by atoms with E-state index in [4.69, 9.17) is 16.3 Å². The lowest BCUT2D eigenvalue weighted by molar-refractivity contribution is -0.144. The van der Waals surface area contributed by atoms with Crippen molar-refractivity contribution in [1.29, 1.82) is 0 Å². The van der Waals surface area contributed by atoms with Gasteiger partial charge in [-0.05, 0) is 110 Å². The molecule has 6 nitrogen and oxygen atoms in total. The summed E-state index contributed by atoms with van der Waals surface area (Å²) < 4.78 is 6.44. The molecule has 6 rings (SSSR count). The number of aliphatic hydroxyl groups is 1. The number of carboxylic acids is 1. The van der Waals surface area contributed by atoms with E-state index in [1.165, 1.54) is 11.1 Å². The van der Waals surface area contributed by atoms with Crippen LogP contribution in [0.15, 0.2) is 60.8 Å². The normalized spacial score (nSPS) is 29.0. The van der Waals surface area contributed by atoms with E-state index in [0.29, 0.717) is 42.2 Å². The van der Waals surface area contributed by atoms with Gasteiger partial charge in [0.1, 0.15) is 11.3 Å². The number of aliphatic carboxylic acids is 1. The number of anilines is 1. The van der Waals surface area contributed by atoms with Gasteiger partial charge in [-0.25, -0.2) is 4.79 Å². The van der Waals surface area contributed by atoms with Crippen LogP contribution in [0.3, 0.4) is 0 Å². The van der Waals surface area contributed by atoms with E-state index >= 15 is 0 Å². The van der Waals surface area contributed by atoms with Crippen molar-refractivity contribution in [2.45, 2.75) is 88.2 Å². The fourth-order valence-electron chi connectivity index (χ4n) is 8.04. The van der Waals surface area contributed by atoms with E-state index in [1.807, 2.05) is 18.2 Å². The summed E-state index contributed by atoms with van der Waals surface area (Å²) in [6.45, 7) is 5.04. The molecule has 3 aromatic rings. The molecule has 0 bridgehead atoms. The first-order valence-electron chi connectivity index (χ1n) is 15.4. The minimum Gasteiger partial charge on any atom is -0.493 e. The molecule has 3 aliphatic rings. The molecule has 0 radical (unpaired) electrons. The second kappa shape index (κ2) is 11.5. The lowest BCUT2D eigenvalue weighted by atomic mass is 9.59. The summed E-state index contributed by atoms with van der Waals surface area (Å²) in [5.74, 6) is 1.08. The first-order chi connectivity index (χ1) is 20.2. The number of nitrogens with one attached hydrogen (secondary N) is 1. The van der Waals surface area contributed by atoms with Crippen LogP contribution >= 0.6 is 11.6 Å². The van der Waals surface area contributed by atoms with E-state index in [1.54, 1.807) is 18.3 Å². The molecule has 1 spiro atoms. The maximum Gasteiger partial charge on any atom is 0.329 e. The molecule has 4 atom stereocenters. The van der Waals surface area contributed by atoms with Crippen molar-refractivity contribution in [2.75, 3.05) is 11.9 Å². The summed E-state index contributed by atoms with van der Waals surface area (Å²) in [5.41, 5.74) is 4.29. The molecular weight excluding hydrogens is 548 g/mol. The summed E-state index contributed by atoms with van der Waals surface area (Å²) in [6.07, 6.45) is 7.63. The summed E-state index contributed by atoms with van der Waals surface area (Å²) in [4.78, 5) is 17.2. The highest BCUT2D eigenvalue weighted by atomic mass is 35.5. The topological polar surface area (TPSA) is 91.7 Å². The highest BCUT2D eigenvalue weighted by Gasteiger charge is 2.54. The Bertz CT molecular complexity index is 1450. The number of hydrogen-bond acceptors (Lipinski definition) is 5. The summed E-state index contributed by atoms with van der Waals surface area (Å²) >= 11 is 6.21. The van der Waals surface area contributed by atoms with Crippen molar-refractivity contribution < 1.29 is 19.7 Å². The van der Waals surface area contributed by atoms with Gasteiger partial charge in [0.05, 0.1) is 18.4 Å². The molecular formula is C35H41ClN2O4. The second-order valence-corrected chi connectivity index (χ2v) is 13.4. The Labute approximate surface area is 253 Å². The predicted molar refractivity (Wildman–Crippen MR) is 165 cm³/mol. The number of aromatic nitrogens is 1. The van der Waals surface area contributed by atoms with Gasteiger partial charge in [0.2, 0.25) is 0 Å². The Hall–Kier alpha value is -3.09. The molecule has 1 saturated carbocycles. The van der Waals surface area contributed by atoms with Gasteiger partial charge in [-0.2, -0.15) is 0 Å². The van der Waals surface area contributed by atoms with Crippen LogP contribution in [-0.2, 0) is 16.6 Å². The fraction of sp³-hybridized carbons (Fsp3) is 0.486. The van der Waals surface area contributed by atoms with Crippen molar-refractivity contribution in [3.05, 3.63) is 88.2 Å². The van der Waals surface area contributed by atoms with Crippen LogP contribution in [0.2, 0.25) is 5.02 Å². The van der Waals surface area contributed by atoms with Crippen LogP contribution in [0.1, 0.15) is 93.2 Å². The molecule has 0 amide bonds. The highest BCUT2D eigenvalue weighted by molar-refractivity contribution is 6.30. The van der Waals surface area contributed by atoms with Crippen LogP contribution in [0.5, 0.6) is 5.75 Å². The summed E-state index contributed by atoms with van der Waals surface area (Å²) in [5, 5.41) is 24.9. The third-order valence-corrected chi connectivity index (χ3v) is 10.5. The van der Waals surface area contributed by atoms with Gasteiger partial charge < -0.3 is 20.3 Å². The zero-order valence-electron chi connectivity index (χ0n) is 24.5. The van der Waals surface area contributed by atoms with Crippen LogP contribution < -0.4 is 10.1 Å². The lowest BCUT2D eigenvalue weighted by Crippen LogP contribution is -2.53. The second-order valence-electron chi connectivity index (χ2n) is 13.0. The number of hydrogen-bond donors (Lipinski definition) is 3. The number of aliphatic hydroxyl groups excluding tert-OH is 1. The molecule has 7 heteroatoms. The maximum atomic E-state index is 12.7. The molecule has 0 saturated heterocycles. The zero-order valence-corrected chi connectivity index (χ0v) is 25.2. The molecule has 3 aliphatic carbocycles. The van der Waals surface area contributed by atoms with Gasteiger partial charge in [-0.1, -0.05) is 55.8 Å². The lowest BCUT2D eigenvalue weighted by Gasteiger charge is -2.47. The number of fused-ring (bicyclic) bond motifs is 3. The standard InChI is InChI=1S/C35H41ClN2O4/c1-22(21-42-30-12-17-37-32-29(39)11-10-23(2)31(30)32)18-25-19-24-6-3-4-9-28(24)34(25)13-15-35(16-14-34,33(40)41)38-27-8-5-7-26(36)20-27/h3-9,12,17,20,22-23,25,29,38-39H,10-11,13-16,18-19,21H2,1-2H3,(H,40,41)/t22-,23-,25+,29+,34?,35?/m1/s1. The Balaban J connectivity index is 1.19. The van der Waals surface area contributed by atoms with Gasteiger partial charge >= 0.3 is 5.97 Å². The van der Waals surface area contributed by atoms with Gasteiger partial charge in [0, 0.05) is 22.5 Å². The Kier molecular flexibility index (Phi) is 7.97. The molecule has 3 N–H and O–H groups in total. The SMILES string of the molecule is C[C@@H](COc1ccnc2c1[C@H](C)CC[C@@H]2O)C[C@H]1Cc2ccccc2C12CCC(Nc1cccc(Cl)c1)(C(=O)O)CC2. The van der Waals surface area contributed by atoms with Gasteiger partial charge in [0.25, 0.3) is 0 Å². The summed E-state index contributed by atoms with van der Waals surface area (Å²) in [6, 6.07) is 18.0. The Morgan fingerprint density at radius 3 is 2.67 bits per heavy atom. The van der Waals surface area contributed by atoms with Crippen molar-refractivity contribution in [1.82, 2.24) is 4.98 Å². The number of nitrogens with zero attached hydrogens (tertiary/aromatic N) is 1. The van der Waals surface area contributed by atoms with Crippen molar-refractivity contribution >= 4 is 23.3 Å². The molecule has 1 fully saturated rings. The highest BCUT2D eigenvalue weighted by Crippen LogP contribution is 2.56. The van der Waals surface area contributed by atoms with E-state index in [2.05, 4.69) is 48.4 Å². The fourth-order valence-corrected chi connectivity index (χ4v) is 8.23. The van der Waals surface area contributed by atoms with Crippen molar-refractivity contribution in [3.8, 4) is 5.75 Å². The monoisotopic (exact) mass is 588 g/mol. The Morgan fingerprint density at radius 2 is 1.90 bits per heavy atom. The van der Waals surface area contributed by atoms with Crippen molar-refractivity contribution in [2.24, 2.45) is 11.8 Å². The third-order valence-electron chi connectivity index (χ3n) is 10.3. The number of benzene rings is 2. The van der Waals surface area contributed by atoms with E-state index in [-0.39, 0.29) is 5.41 Å². The number of halogens is 1. The Morgan fingerprint density at radius 1 is 1.12 bits per heavy atom. The molecule has 1 heterocycles. The zero-order chi connectivity index (χ0) is 29.5. The molecule has 0 aliphatic heterocycles. The predicted octanol–water partition coefficient (Wildman–Crippen LogP) is 7.69. The van der Waals surface area contributed by atoms with E-state index < -0.39 is 17.6 Å². The van der Waals surface area contributed by atoms with Crippen LogP contribution in [-0.4, -0.2) is 33.3 Å². The quantitative estimate of drug-likeness (QED) is 0.250. The van der Waals surface area contributed by atoms with Gasteiger partial charge in [0.15, 0.2) is 0 Å². The average Bonchev–Trinajstić information content (AvgIpc) is 3.27. The molecule has 222 valence electrons.